The highest BCUT2D eigenvalue weighted by Crippen LogP contribution is 2.31. The zero-order valence-electron chi connectivity index (χ0n) is 17.4. The van der Waals surface area contributed by atoms with E-state index in [0.29, 0.717) is 5.56 Å². The van der Waals surface area contributed by atoms with E-state index >= 15 is 0 Å². The second kappa shape index (κ2) is 9.84. The maximum atomic E-state index is 12.6. The van der Waals surface area contributed by atoms with Crippen LogP contribution in [-0.2, 0) is 20.1 Å². The van der Waals surface area contributed by atoms with Gasteiger partial charge in [-0.2, -0.15) is 21.9 Å². The van der Waals surface area contributed by atoms with Crippen LogP contribution in [0.1, 0.15) is 18.1 Å². The van der Waals surface area contributed by atoms with Crippen molar-refractivity contribution in [1.29, 1.82) is 0 Å². The van der Waals surface area contributed by atoms with Crippen molar-refractivity contribution in [2.24, 2.45) is 5.10 Å². The average Bonchev–Trinajstić information content (AvgIpc) is 2.76. The van der Waals surface area contributed by atoms with Gasteiger partial charge in [0.25, 0.3) is 10.0 Å². The minimum Gasteiger partial charge on any atom is -0.490 e. The van der Waals surface area contributed by atoms with Gasteiger partial charge in [0, 0.05) is 0 Å². The number of rotatable bonds is 9. The van der Waals surface area contributed by atoms with Crippen LogP contribution in [-0.4, -0.2) is 29.7 Å². The lowest BCUT2D eigenvalue weighted by molar-refractivity contribution is 0.327. The molecule has 168 valence electrons. The first-order valence-corrected chi connectivity index (χ1v) is 12.5. The molecule has 32 heavy (non-hydrogen) atoms. The summed E-state index contributed by atoms with van der Waals surface area (Å²) < 4.78 is 60.4. The molecule has 0 aliphatic heterocycles. The molecule has 0 spiro atoms. The molecule has 0 aliphatic carbocycles. The third-order valence-electron chi connectivity index (χ3n) is 4.22. The van der Waals surface area contributed by atoms with Gasteiger partial charge in [0.15, 0.2) is 11.5 Å². The summed E-state index contributed by atoms with van der Waals surface area (Å²) in [7, 11) is -7.86. The minimum atomic E-state index is -4.06. The average molecular weight is 475 g/mol. The Balaban J connectivity index is 1.80. The van der Waals surface area contributed by atoms with Crippen molar-refractivity contribution in [2.75, 3.05) is 6.61 Å². The first-order valence-electron chi connectivity index (χ1n) is 9.59. The summed E-state index contributed by atoms with van der Waals surface area (Å²) in [6, 6.07) is 18.6. The number of benzene rings is 3. The normalized spacial score (nSPS) is 11.9. The second-order valence-corrected chi connectivity index (χ2v) is 9.86. The van der Waals surface area contributed by atoms with E-state index < -0.39 is 20.1 Å². The van der Waals surface area contributed by atoms with Crippen molar-refractivity contribution in [2.45, 2.75) is 23.6 Å². The highest BCUT2D eigenvalue weighted by atomic mass is 32.2. The van der Waals surface area contributed by atoms with Crippen LogP contribution in [0.15, 0.2) is 87.7 Å². The molecule has 0 radical (unpaired) electrons. The van der Waals surface area contributed by atoms with Crippen molar-refractivity contribution >= 4 is 26.4 Å². The Bertz CT molecular complexity index is 1300. The monoisotopic (exact) mass is 474 g/mol. The Morgan fingerprint density at radius 3 is 2.22 bits per heavy atom. The molecule has 0 fully saturated rings. The Labute approximate surface area is 187 Å². The van der Waals surface area contributed by atoms with Crippen LogP contribution in [0.3, 0.4) is 0 Å². The number of nitrogens with one attached hydrogen (secondary N) is 1. The maximum absolute atomic E-state index is 12.6. The van der Waals surface area contributed by atoms with E-state index in [1.54, 1.807) is 37.3 Å². The summed E-state index contributed by atoms with van der Waals surface area (Å²) in [6.45, 7) is 3.86. The molecule has 3 rings (SSSR count). The van der Waals surface area contributed by atoms with Gasteiger partial charge in [0.05, 0.1) is 17.7 Å². The maximum Gasteiger partial charge on any atom is 0.339 e. The molecule has 0 aliphatic rings. The highest BCUT2D eigenvalue weighted by molar-refractivity contribution is 7.89. The van der Waals surface area contributed by atoms with Crippen molar-refractivity contribution in [1.82, 2.24) is 4.83 Å². The Kier molecular flexibility index (Phi) is 7.16. The number of hydrogen-bond donors (Lipinski definition) is 1. The predicted molar refractivity (Wildman–Crippen MR) is 121 cm³/mol. The molecule has 0 amide bonds. The number of aryl methyl sites for hydroxylation is 1. The molecule has 1 N–H and O–H groups in total. The Morgan fingerprint density at radius 1 is 0.875 bits per heavy atom. The predicted octanol–water partition coefficient (Wildman–Crippen LogP) is 3.47. The fraction of sp³-hybridized carbons (Fsp3) is 0.136. The lowest BCUT2D eigenvalue weighted by Gasteiger charge is -2.12. The van der Waals surface area contributed by atoms with Crippen molar-refractivity contribution in [3.63, 3.8) is 0 Å². The molecule has 0 atom stereocenters. The lowest BCUT2D eigenvalue weighted by atomic mass is 10.2. The molecule has 0 heterocycles. The lowest BCUT2D eigenvalue weighted by Crippen LogP contribution is -2.18. The fourth-order valence-corrected chi connectivity index (χ4v) is 4.39. The highest BCUT2D eigenvalue weighted by Gasteiger charge is 2.19. The van der Waals surface area contributed by atoms with Crippen molar-refractivity contribution in [3.8, 4) is 11.5 Å². The van der Waals surface area contributed by atoms with E-state index in [1.807, 2.05) is 6.92 Å². The molecule has 8 nitrogen and oxygen atoms in total. The van der Waals surface area contributed by atoms with E-state index in [1.165, 1.54) is 48.7 Å². The van der Waals surface area contributed by atoms with Gasteiger partial charge in [-0.15, -0.1) is 0 Å². The molecule has 0 saturated carbocycles. The number of hydrogen-bond acceptors (Lipinski definition) is 7. The van der Waals surface area contributed by atoms with Crippen LogP contribution in [0.2, 0.25) is 0 Å². The van der Waals surface area contributed by atoms with E-state index in [9.17, 15) is 16.8 Å². The number of hydrazone groups is 1. The summed E-state index contributed by atoms with van der Waals surface area (Å²) >= 11 is 0. The summed E-state index contributed by atoms with van der Waals surface area (Å²) in [5.41, 5.74) is 1.40. The molecule has 3 aromatic rings. The topological polar surface area (TPSA) is 111 Å². The largest absolute Gasteiger partial charge is 0.490 e. The second-order valence-electron chi connectivity index (χ2n) is 6.66. The zero-order chi connectivity index (χ0) is 23.2. The summed E-state index contributed by atoms with van der Waals surface area (Å²) in [5, 5.41) is 3.77. The van der Waals surface area contributed by atoms with Crippen LogP contribution in [0.5, 0.6) is 11.5 Å². The summed E-state index contributed by atoms with van der Waals surface area (Å²) in [6.07, 6.45) is 1.28. The molecular weight excluding hydrogens is 452 g/mol. The fourth-order valence-electron chi connectivity index (χ4n) is 2.64. The van der Waals surface area contributed by atoms with Gasteiger partial charge in [-0.25, -0.2) is 4.83 Å². The van der Waals surface area contributed by atoms with Crippen LogP contribution >= 0.6 is 0 Å². The van der Waals surface area contributed by atoms with Crippen molar-refractivity contribution in [3.05, 3.63) is 83.9 Å². The molecule has 0 saturated heterocycles. The van der Waals surface area contributed by atoms with E-state index in [0.717, 1.165) is 5.56 Å². The minimum absolute atomic E-state index is 0.00874. The molecule has 0 unspecified atom stereocenters. The van der Waals surface area contributed by atoms with E-state index in [-0.39, 0.29) is 27.9 Å². The van der Waals surface area contributed by atoms with E-state index in [4.69, 9.17) is 8.92 Å². The molecule has 3 aromatic carbocycles. The van der Waals surface area contributed by atoms with Gasteiger partial charge >= 0.3 is 10.1 Å². The smallest absolute Gasteiger partial charge is 0.339 e. The first-order chi connectivity index (χ1) is 15.2. The van der Waals surface area contributed by atoms with Gasteiger partial charge in [-0.1, -0.05) is 35.9 Å². The standard InChI is InChI=1S/C22H22N2O6S2/c1-3-29-22-15-18(16-23-24-31(25,26)19-7-5-4-6-8-19)11-14-21(22)30-32(27,28)20-12-9-17(2)10-13-20/h4-16,24H,3H2,1-2H3/b23-16+. The summed E-state index contributed by atoms with van der Waals surface area (Å²) in [5.74, 6) is 0.187. The van der Waals surface area contributed by atoms with E-state index in [2.05, 4.69) is 9.93 Å². The molecular formula is C22H22N2O6S2. The number of sulfonamides is 1. The summed E-state index contributed by atoms with van der Waals surface area (Å²) in [4.78, 5) is 2.23. The van der Waals surface area contributed by atoms with Gasteiger partial charge in [-0.05, 0) is 61.9 Å². The molecule has 10 heteroatoms. The molecule has 0 bridgehead atoms. The van der Waals surface area contributed by atoms with Gasteiger partial charge in [0.1, 0.15) is 4.90 Å². The SMILES string of the molecule is CCOc1cc(/C=N/NS(=O)(=O)c2ccccc2)ccc1OS(=O)(=O)c1ccc(C)cc1. The third-order valence-corrected chi connectivity index (χ3v) is 6.70. The van der Waals surface area contributed by atoms with Crippen LogP contribution in [0.25, 0.3) is 0 Å². The van der Waals surface area contributed by atoms with Crippen LogP contribution in [0, 0.1) is 6.92 Å². The van der Waals surface area contributed by atoms with Crippen LogP contribution in [0.4, 0.5) is 0 Å². The third kappa shape index (κ3) is 5.86. The quantitative estimate of drug-likeness (QED) is 0.289. The Hall–Kier alpha value is -3.37. The van der Waals surface area contributed by atoms with Gasteiger partial charge in [0.2, 0.25) is 0 Å². The number of ether oxygens (including phenoxy) is 1. The van der Waals surface area contributed by atoms with Gasteiger partial charge in [-0.3, -0.25) is 0 Å². The van der Waals surface area contributed by atoms with Crippen LogP contribution < -0.4 is 13.8 Å². The van der Waals surface area contributed by atoms with Gasteiger partial charge < -0.3 is 8.92 Å². The first kappa shape index (κ1) is 23.3. The Morgan fingerprint density at radius 2 is 1.56 bits per heavy atom. The van der Waals surface area contributed by atoms with Crippen molar-refractivity contribution < 1.29 is 25.8 Å². The molecule has 0 aromatic heterocycles. The number of nitrogens with zero attached hydrogens (tertiary/aromatic N) is 1. The zero-order valence-corrected chi connectivity index (χ0v) is 19.1.